The van der Waals surface area contributed by atoms with E-state index in [0.29, 0.717) is 10.6 Å². The van der Waals surface area contributed by atoms with E-state index in [4.69, 9.17) is 45.6 Å². The molecule has 7 nitrogen and oxygen atoms in total. The molecular weight excluding hydrogens is 429 g/mol. The van der Waals surface area contributed by atoms with Gasteiger partial charge in [-0.25, -0.2) is 4.79 Å². The van der Waals surface area contributed by atoms with Gasteiger partial charge in [-0.05, 0) is 29.8 Å². The predicted molar refractivity (Wildman–Crippen MR) is 108 cm³/mol. The maximum absolute atomic E-state index is 12.4. The number of hydrogen-bond acceptors (Lipinski definition) is 4. The number of aliphatic carboxylic acids is 1. The lowest BCUT2D eigenvalue weighted by Crippen LogP contribution is -2.45. The summed E-state index contributed by atoms with van der Waals surface area (Å²) in [4.78, 5) is 35.7. The lowest BCUT2D eigenvalue weighted by Gasteiger charge is -2.16. The maximum atomic E-state index is 12.4. The number of hydrogen-bond donors (Lipinski definition) is 4. The number of halogens is 3. The number of carboxylic acids is 1. The fourth-order valence-electron chi connectivity index (χ4n) is 2.34. The van der Waals surface area contributed by atoms with Gasteiger partial charge in [0.25, 0.3) is 5.91 Å². The number of rotatable bonds is 7. The summed E-state index contributed by atoms with van der Waals surface area (Å²) < 4.78 is 0. The Morgan fingerprint density at radius 1 is 1.11 bits per heavy atom. The van der Waals surface area contributed by atoms with E-state index in [0.717, 1.165) is 0 Å². The SMILES string of the molecule is NCC(NC(=O)c1c(Cl)ccc(NC(=O)Cc2cccc(Cl)c2)c1Cl)C(=O)O. The molecule has 0 saturated carbocycles. The van der Waals surface area contributed by atoms with Crippen LogP contribution in [0.1, 0.15) is 15.9 Å². The molecule has 2 amide bonds. The Morgan fingerprint density at radius 2 is 1.82 bits per heavy atom. The van der Waals surface area contributed by atoms with Gasteiger partial charge in [0.05, 0.1) is 27.7 Å². The van der Waals surface area contributed by atoms with Crippen molar-refractivity contribution in [2.45, 2.75) is 12.5 Å². The second kappa shape index (κ2) is 9.75. The van der Waals surface area contributed by atoms with Crippen LogP contribution in [0, 0.1) is 0 Å². The van der Waals surface area contributed by atoms with Gasteiger partial charge in [-0.1, -0.05) is 46.9 Å². The summed E-state index contributed by atoms with van der Waals surface area (Å²) in [5.41, 5.74) is 6.01. The fourth-order valence-corrected chi connectivity index (χ4v) is 3.14. The second-order valence-corrected chi connectivity index (χ2v) is 6.96. The van der Waals surface area contributed by atoms with E-state index < -0.39 is 17.9 Å². The molecule has 2 rings (SSSR count). The minimum Gasteiger partial charge on any atom is -0.480 e. The lowest BCUT2D eigenvalue weighted by molar-refractivity contribution is -0.139. The van der Waals surface area contributed by atoms with Crippen molar-refractivity contribution < 1.29 is 19.5 Å². The Bertz CT molecular complexity index is 921. The standard InChI is InChI=1S/C18H16Cl3N3O4/c19-10-3-1-2-9(6-10)7-14(25)23-12-5-4-11(20)15(16(12)21)17(26)24-13(8-22)18(27)28/h1-6,13H,7-8,22H2,(H,23,25)(H,24,26)(H,27,28). The number of amides is 2. The molecule has 0 heterocycles. The molecule has 1 atom stereocenters. The molecule has 0 saturated heterocycles. The Hall–Kier alpha value is -2.32. The first-order valence-corrected chi connectivity index (χ1v) is 9.12. The van der Waals surface area contributed by atoms with Crippen molar-refractivity contribution in [3.63, 3.8) is 0 Å². The first kappa shape index (κ1) is 22.0. The fraction of sp³-hybridized carbons (Fsp3) is 0.167. The first-order chi connectivity index (χ1) is 13.2. The topological polar surface area (TPSA) is 122 Å². The number of nitrogens with one attached hydrogen (secondary N) is 2. The zero-order valence-corrected chi connectivity index (χ0v) is 16.6. The minimum atomic E-state index is -1.30. The molecule has 0 aromatic heterocycles. The number of anilines is 1. The van der Waals surface area contributed by atoms with Crippen LogP contribution < -0.4 is 16.4 Å². The van der Waals surface area contributed by atoms with Crippen molar-refractivity contribution in [1.29, 1.82) is 0 Å². The third-order valence-electron chi connectivity index (χ3n) is 3.69. The molecule has 28 heavy (non-hydrogen) atoms. The monoisotopic (exact) mass is 443 g/mol. The van der Waals surface area contributed by atoms with E-state index in [1.165, 1.54) is 12.1 Å². The van der Waals surface area contributed by atoms with Crippen LogP contribution in [-0.4, -0.2) is 35.5 Å². The highest BCUT2D eigenvalue weighted by atomic mass is 35.5. The maximum Gasteiger partial charge on any atom is 0.327 e. The summed E-state index contributed by atoms with van der Waals surface area (Å²) >= 11 is 18.2. The highest BCUT2D eigenvalue weighted by Crippen LogP contribution is 2.32. The molecule has 0 bridgehead atoms. The summed E-state index contributed by atoms with van der Waals surface area (Å²) in [5, 5.41) is 14.2. The van der Waals surface area contributed by atoms with Crippen molar-refractivity contribution in [3.05, 3.63) is 62.6 Å². The van der Waals surface area contributed by atoms with E-state index in [9.17, 15) is 14.4 Å². The lowest BCUT2D eigenvalue weighted by atomic mass is 10.1. The summed E-state index contributed by atoms with van der Waals surface area (Å²) in [5.74, 6) is -2.50. The quantitative estimate of drug-likeness (QED) is 0.523. The van der Waals surface area contributed by atoms with E-state index >= 15 is 0 Å². The van der Waals surface area contributed by atoms with Gasteiger partial charge in [-0.2, -0.15) is 0 Å². The van der Waals surface area contributed by atoms with Crippen LogP contribution in [0.5, 0.6) is 0 Å². The molecule has 0 aliphatic rings. The summed E-state index contributed by atoms with van der Waals surface area (Å²) in [6.07, 6.45) is 0.0370. The van der Waals surface area contributed by atoms with Crippen LogP contribution >= 0.6 is 34.8 Å². The average Bonchev–Trinajstić information content (AvgIpc) is 2.62. The van der Waals surface area contributed by atoms with Gasteiger partial charge in [-0.3, -0.25) is 9.59 Å². The smallest absolute Gasteiger partial charge is 0.327 e. The van der Waals surface area contributed by atoms with Gasteiger partial charge in [0.2, 0.25) is 5.91 Å². The molecule has 2 aromatic rings. The summed E-state index contributed by atoms with van der Waals surface area (Å²) in [6.45, 7) is -0.313. The molecule has 0 spiro atoms. The van der Waals surface area contributed by atoms with Crippen molar-refractivity contribution in [3.8, 4) is 0 Å². The molecule has 0 radical (unpaired) electrons. The Kier molecular flexibility index (Phi) is 7.65. The van der Waals surface area contributed by atoms with E-state index in [-0.39, 0.29) is 40.2 Å². The highest BCUT2D eigenvalue weighted by molar-refractivity contribution is 6.41. The number of nitrogens with two attached hydrogens (primary N) is 1. The van der Waals surface area contributed by atoms with Gasteiger partial charge in [-0.15, -0.1) is 0 Å². The average molecular weight is 445 g/mol. The van der Waals surface area contributed by atoms with Crippen LogP contribution in [0.15, 0.2) is 36.4 Å². The Labute approximate surface area is 175 Å². The molecule has 0 fully saturated rings. The summed E-state index contributed by atoms with van der Waals surface area (Å²) in [6, 6.07) is 8.31. The van der Waals surface area contributed by atoms with Crippen LogP contribution in [-0.2, 0) is 16.0 Å². The van der Waals surface area contributed by atoms with Crippen LogP contribution in [0.2, 0.25) is 15.1 Å². The molecule has 0 aliphatic heterocycles. The zero-order valence-electron chi connectivity index (χ0n) is 14.3. The number of benzene rings is 2. The van der Waals surface area contributed by atoms with Crippen LogP contribution in [0.25, 0.3) is 0 Å². The molecule has 1 unspecified atom stereocenters. The first-order valence-electron chi connectivity index (χ1n) is 7.99. The molecule has 0 aliphatic carbocycles. The van der Waals surface area contributed by atoms with Gasteiger partial charge in [0, 0.05) is 11.6 Å². The van der Waals surface area contributed by atoms with Gasteiger partial charge in [0.15, 0.2) is 0 Å². The Balaban J connectivity index is 2.20. The molecule has 5 N–H and O–H groups in total. The van der Waals surface area contributed by atoms with Crippen LogP contribution in [0.4, 0.5) is 5.69 Å². The zero-order chi connectivity index (χ0) is 20.8. The largest absolute Gasteiger partial charge is 0.480 e. The van der Waals surface area contributed by atoms with E-state index in [1.54, 1.807) is 24.3 Å². The number of carboxylic acid groups (broad SMARTS) is 1. The van der Waals surface area contributed by atoms with Gasteiger partial charge >= 0.3 is 5.97 Å². The van der Waals surface area contributed by atoms with Gasteiger partial charge < -0.3 is 21.5 Å². The molecule has 2 aromatic carbocycles. The van der Waals surface area contributed by atoms with E-state index in [2.05, 4.69) is 10.6 Å². The molecule has 10 heteroatoms. The summed E-state index contributed by atoms with van der Waals surface area (Å²) in [7, 11) is 0. The van der Waals surface area contributed by atoms with Crippen LogP contribution in [0.3, 0.4) is 0 Å². The second-order valence-electron chi connectivity index (χ2n) is 5.74. The minimum absolute atomic E-state index is 0.00324. The van der Waals surface area contributed by atoms with Crippen molar-refractivity contribution in [2.24, 2.45) is 5.73 Å². The normalized spacial score (nSPS) is 11.6. The molecule has 148 valence electrons. The number of carbonyl (C=O) groups is 3. The highest BCUT2D eigenvalue weighted by Gasteiger charge is 2.24. The molecular formula is C18H16Cl3N3O4. The third-order valence-corrected chi connectivity index (χ3v) is 4.63. The van der Waals surface area contributed by atoms with Crippen molar-refractivity contribution in [2.75, 3.05) is 11.9 Å². The van der Waals surface area contributed by atoms with Crippen molar-refractivity contribution in [1.82, 2.24) is 5.32 Å². The van der Waals surface area contributed by atoms with Crippen molar-refractivity contribution >= 4 is 58.3 Å². The number of carbonyl (C=O) groups excluding carboxylic acids is 2. The predicted octanol–water partition coefficient (Wildman–Crippen LogP) is 2.97. The Morgan fingerprint density at radius 3 is 2.43 bits per heavy atom. The third kappa shape index (κ3) is 5.59. The van der Waals surface area contributed by atoms with Gasteiger partial charge in [0.1, 0.15) is 6.04 Å². The van der Waals surface area contributed by atoms with E-state index in [1.807, 2.05) is 0 Å².